The monoisotopic (exact) mass is 373 g/mol. The van der Waals surface area contributed by atoms with Gasteiger partial charge in [0.25, 0.3) is 5.91 Å². The van der Waals surface area contributed by atoms with Gasteiger partial charge in [-0.15, -0.1) is 10.2 Å². The lowest BCUT2D eigenvalue weighted by atomic mass is 10.1. The predicted molar refractivity (Wildman–Crippen MR) is 98.2 cm³/mol. The second-order valence-electron chi connectivity index (χ2n) is 6.61. The Morgan fingerprint density at radius 2 is 2.08 bits per heavy atom. The van der Waals surface area contributed by atoms with Gasteiger partial charge in [0.05, 0.1) is 24.3 Å². The zero-order valence-corrected chi connectivity index (χ0v) is 15.0. The lowest BCUT2D eigenvalue weighted by Crippen LogP contribution is -2.50. The molecule has 2 saturated heterocycles. The molecule has 1 amide bonds. The van der Waals surface area contributed by atoms with Crippen molar-refractivity contribution < 1.29 is 9.53 Å². The second kappa shape index (κ2) is 7.19. The number of nitrogens with zero attached hydrogens (tertiary/aromatic N) is 4. The number of benzene rings is 1. The van der Waals surface area contributed by atoms with Crippen molar-refractivity contribution in [2.24, 2.45) is 5.73 Å². The Hall–Kier alpha value is -2.22. The summed E-state index contributed by atoms with van der Waals surface area (Å²) in [5, 5.41) is 8.15. The molecule has 2 atom stereocenters. The van der Waals surface area contributed by atoms with Crippen molar-refractivity contribution in [1.82, 2.24) is 15.1 Å². The molecule has 136 valence electrons. The molecule has 2 aliphatic heterocycles. The zero-order chi connectivity index (χ0) is 18.1. The third-order valence-electron chi connectivity index (χ3n) is 4.95. The van der Waals surface area contributed by atoms with Crippen LogP contribution in [0.15, 0.2) is 36.4 Å². The highest BCUT2D eigenvalue weighted by Gasteiger charge is 2.41. The van der Waals surface area contributed by atoms with Crippen molar-refractivity contribution >= 4 is 23.3 Å². The van der Waals surface area contributed by atoms with Crippen LogP contribution in [0.3, 0.4) is 0 Å². The fourth-order valence-electron chi connectivity index (χ4n) is 3.72. The third-order valence-corrected chi connectivity index (χ3v) is 5.14. The summed E-state index contributed by atoms with van der Waals surface area (Å²) < 4.78 is 5.97. The molecule has 26 heavy (non-hydrogen) atoms. The molecule has 1 aromatic carbocycles. The molecule has 8 heteroatoms. The average Bonchev–Trinajstić information content (AvgIpc) is 3.07. The minimum atomic E-state index is -0.561. The molecule has 4 rings (SSSR count). The van der Waals surface area contributed by atoms with Gasteiger partial charge in [-0.05, 0) is 11.6 Å². The van der Waals surface area contributed by atoms with Crippen LogP contribution in [-0.4, -0.2) is 59.4 Å². The highest BCUT2D eigenvalue weighted by Crippen LogP contribution is 2.29. The van der Waals surface area contributed by atoms with E-state index in [0.29, 0.717) is 31.1 Å². The number of carbonyl (C=O) groups excluding carboxylic acids is 1. The van der Waals surface area contributed by atoms with Crippen LogP contribution >= 0.6 is 11.6 Å². The molecule has 7 nitrogen and oxygen atoms in total. The van der Waals surface area contributed by atoms with Crippen molar-refractivity contribution in [3.63, 3.8) is 0 Å². The number of aromatic nitrogens is 2. The fourth-order valence-corrected chi connectivity index (χ4v) is 3.87. The molecule has 0 spiro atoms. The number of hydrogen-bond acceptors (Lipinski definition) is 6. The summed E-state index contributed by atoms with van der Waals surface area (Å²) in [5.74, 6) is -0.0895. The number of amides is 1. The average molecular weight is 374 g/mol. The van der Waals surface area contributed by atoms with E-state index >= 15 is 0 Å². The first-order valence-electron chi connectivity index (χ1n) is 8.59. The molecule has 2 unspecified atom stereocenters. The highest BCUT2D eigenvalue weighted by molar-refractivity contribution is 6.29. The smallest absolute Gasteiger partial charge is 0.252 e. The maximum absolute atomic E-state index is 11.8. The van der Waals surface area contributed by atoms with Crippen molar-refractivity contribution in [3.8, 4) is 0 Å². The summed E-state index contributed by atoms with van der Waals surface area (Å²) in [7, 11) is 0. The summed E-state index contributed by atoms with van der Waals surface area (Å²) in [4.78, 5) is 16.2. The number of nitrogens with two attached hydrogens (primary N) is 1. The van der Waals surface area contributed by atoms with E-state index in [2.05, 4.69) is 39.4 Å². The van der Waals surface area contributed by atoms with Crippen molar-refractivity contribution in [1.29, 1.82) is 0 Å². The van der Waals surface area contributed by atoms with Crippen LogP contribution < -0.4 is 10.6 Å². The van der Waals surface area contributed by atoms with E-state index in [4.69, 9.17) is 22.1 Å². The zero-order valence-electron chi connectivity index (χ0n) is 14.2. The number of fused-ring (bicyclic) bond motifs is 1. The molecule has 2 aromatic rings. The van der Waals surface area contributed by atoms with E-state index in [0.717, 1.165) is 13.1 Å². The quantitative estimate of drug-likeness (QED) is 0.870. The molecule has 3 heterocycles. The van der Waals surface area contributed by atoms with Gasteiger partial charge in [-0.1, -0.05) is 41.9 Å². The molecule has 0 bridgehead atoms. The number of anilines is 1. The third kappa shape index (κ3) is 3.38. The summed E-state index contributed by atoms with van der Waals surface area (Å²) >= 11 is 5.87. The largest absolute Gasteiger partial charge is 0.373 e. The van der Waals surface area contributed by atoms with Gasteiger partial charge in [0.15, 0.2) is 11.0 Å². The molecular weight excluding hydrogens is 354 g/mol. The van der Waals surface area contributed by atoms with E-state index in [1.165, 1.54) is 11.6 Å². The molecule has 2 fully saturated rings. The second-order valence-corrected chi connectivity index (χ2v) is 6.99. The summed E-state index contributed by atoms with van der Waals surface area (Å²) in [6.45, 7) is 3.78. The van der Waals surface area contributed by atoms with Gasteiger partial charge < -0.3 is 15.4 Å². The van der Waals surface area contributed by atoms with Gasteiger partial charge in [-0.3, -0.25) is 9.69 Å². The number of primary amides is 1. The molecule has 1 aromatic heterocycles. The Morgan fingerprint density at radius 1 is 1.27 bits per heavy atom. The standard InChI is InChI=1S/C18H20ClN5O2/c19-16-8-13(17(20)25)18(22-21-16)24-10-14-15(11-24)26-7-6-23(14)9-12-4-2-1-3-5-12/h1-5,8,14-15H,6-7,9-11H2,(H2,20,25). The van der Waals surface area contributed by atoms with Crippen LogP contribution in [0.2, 0.25) is 5.15 Å². The Bertz CT molecular complexity index is 803. The van der Waals surface area contributed by atoms with Crippen molar-refractivity contribution in [2.75, 3.05) is 31.1 Å². The Balaban J connectivity index is 1.55. The highest BCUT2D eigenvalue weighted by atomic mass is 35.5. The summed E-state index contributed by atoms with van der Waals surface area (Å²) in [6, 6.07) is 12.1. The number of hydrogen-bond donors (Lipinski definition) is 1. The minimum Gasteiger partial charge on any atom is -0.373 e. The number of halogens is 1. The van der Waals surface area contributed by atoms with Crippen LogP contribution in [0.25, 0.3) is 0 Å². The van der Waals surface area contributed by atoms with Gasteiger partial charge in [0.2, 0.25) is 0 Å². The normalized spacial score (nSPS) is 23.0. The fraction of sp³-hybridized carbons (Fsp3) is 0.389. The van der Waals surface area contributed by atoms with Gasteiger partial charge in [-0.25, -0.2) is 0 Å². The van der Waals surface area contributed by atoms with Crippen LogP contribution in [0, 0.1) is 0 Å². The number of ether oxygens (including phenoxy) is 1. The molecule has 2 aliphatic rings. The van der Waals surface area contributed by atoms with Gasteiger partial charge in [0, 0.05) is 26.2 Å². The Morgan fingerprint density at radius 3 is 2.85 bits per heavy atom. The molecular formula is C18H20ClN5O2. The van der Waals surface area contributed by atoms with Crippen molar-refractivity contribution in [3.05, 3.63) is 52.7 Å². The Kier molecular flexibility index (Phi) is 4.76. The molecule has 0 aliphatic carbocycles. The predicted octanol–water partition coefficient (Wildman–Crippen LogP) is 1.32. The van der Waals surface area contributed by atoms with E-state index in [1.807, 2.05) is 11.0 Å². The van der Waals surface area contributed by atoms with Gasteiger partial charge >= 0.3 is 0 Å². The lowest BCUT2D eigenvalue weighted by Gasteiger charge is -2.36. The maximum atomic E-state index is 11.8. The number of carbonyl (C=O) groups is 1. The van der Waals surface area contributed by atoms with E-state index in [-0.39, 0.29) is 17.3 Å². The van der Waals surface area contributed by atoms with Crippen molar-refractivity contribution in [2.45, 2.75) is 18.7 Å². The van der Waals surface area contributed by atoms with Crippen LogP contribution in [0.4, 0.5) is 5.82 Å². The number of rotatable bonds is 4. The first kappa shape index (κ1) is 17.2. The molecule has 0 saturated carbocycles. The van der Waals surface area contributed by atoms with Gasteiger partial charge in [0.1, 0.15) is 0 Å². The van der Waals surface area contributed by atoms with Gasteiger partial charge in [-0.2, -0.15) is 0 Å². The van der Waals surface area contributed by atoms with E-state index in [1.54, 1.807) is 0 Å². The van der Waals surface area contributed by atoms with Crippen LogP contribution in [0.5, 0.6) is 0 Å². The first-order chi connectivity index (χ1) is 12.6. The van der Waals surface area contributed by atoms with Crippen LogP contribution in [-0.2, 0) is 11.3 Å². The topological polar surface area (TPSA) is 84.6 Å². The molecule has 2 N–H and O–H groups in total. The maximum Gasteiger partial charge on any atom is 0.252 e. The van der Waals surface area contributed by atoms with E-state index in [9.17, 15) is 4.79 Å². The van der Waals surface area contributed by atoms with Crippen LogP contribution in [0.1, 0.15) is 15.9 Å². The lowest BCUT2D eigenvalue weighted by molar-refractivity contribution is -0.0499. The minimum absolute atomic E-state index is 0.0608. The Labute approximate surface area is 156 Å². The van der Waals surface area contributed by atoms with E-state index < -0.39 is 5.91 Å². The first-order valence-corrected chi connectivity index (χ1v) is 8.97. The molecule has 0 radical (unpaired) electrons. The number of morpholine rings is 1. The summed E-state index contributed by atoms with van der Waals surface area (Å²) in [6.07, 6.45) is 0.0608. The summed E-state index contributed by atoms with van der Waals surface area (Å²) in [5.41, 5.74) is 7.06. The SMILES string of the molecule is NC(=O)c1cc(Cl)nnc1N1CC2OCCN(Cc3ccccc3)C2C1.